The Morgan fingerprint density at radius 2 is 0.642 bits per heavy atom. The lowest BCUT2D eigenvalue weighted by atomic mass is 10.0. The first-order valence-electron chi connectivity index (χ1n) is 27.7. The predicted octanol–water partition coefficient (Wildman–Crippen LogP) is 18.5. The van der Waals surface area contributed by atoms with Gasteiger partial charge in [-0.15, -0.1) is 0 Å². The van der Waals surface area contributed by atoms with Crippen LogP contribution >= 0.6 is 0 Å². The predicted molar refractivity (Wildman–Crippen MR) is 288 cm³/mol. The number of esters is 3. The van der Waals surface area contributed by atoms with E-state index in [9.17, 15) is 14.4 Å². The van der Waals surface area contributed by atoms with Gasteiger partial charge in [0, 0.05) is 19.3 Å². The molecule has 0 aromatic carbocycles. The normalized spacial score (nSPS) is 12.8. The highest BCUT2D eigenvalue weighted by atomic mass is 16.6. The zero-order valence-electron chi connectivity index (χ0n) is 43.6. The minimum atomic E-state index is -0.813. The zero-order chi connectivity index (χ0) is 48.6. The third-order valence-electron chi connectivity index (χ3n) is 11.6. The Kier molecular flexibility index (Phi) is 51.9. The second kappa shape index (κ2) is 54.9. The van der Waals surface area contributed by atoms with Gasteiger partial charge in [-0.2, -0.15) is 0 Å². The summed E-state index contributed by atoms with van der Waals surface area (Å²) in [6.07, 6.45) is 72.6. The van der Waals surface area contributed by atoms with Gasteiger partial charge in [0.1, 0.15) is 13.2 Å². The third kappa shape index (κ3) is 53.2. The molecular formula is C61H102O6. The Bertz CT molecular complexity index is 1350. The minimum absolute atomic E-state index is 0.107. The summed E-state index contributed by atoms with van der Waals surface area (Å²) >= 11 is 0. The molecule has 0 fully saturated rings. The van der Waals surface area contributed by atoms with Crippen LogP contribution in [-0.2, 0) is 28.6 Å². The molecule has 0 radical (unpaired) electrons. The maximum atomic E-state index is 12.8. The number of rotatable bonds is 49. The summed E-state index contributed by atoms with van der Waals surface area (Å²) in [5.74, 6) is -1.00. The van der Waals surface area contributed by atoms with Gasteiger partial charge in [-0.05, 0) is 83.5 Å². The summed E-state index contributed by atoms with van der Waals surface area (Å²) in [5, 5.41) is 0. The molecule has 0 bridgehead atoms. The quantitative estimate of drug-likeness (QED) is 0.0262. The van der Waals surface area contributed by atoms with Gasteiger partial charge in [0.15, 0.2) is 6.10 Å². The number of carbonyl (C=O) groups is 3. The summed E-state index contributed by atoms with van der Waals surface area (Å²) in [7, 11) is 0. The van der Waals surface area contributed by atoms with E-state index in [4.69, 9.17) is 14.2 Å². The number of carbonyl (C=O) groups excluding carboxylic acids is 3. The van der Waals surface area contributed by atoms with Crippen LogP contribution in [0, 0.1) is 0 Å². The Hall–Kier alpha value is -3.67. The van der Waals surface area contributed by atoms with Crippen LogP contribution in [0.3, 0.4) is 0 Å². The Labute approximate surface area is 413 Å². The van der Waals surface area contributed by atoms with Gasteiger partial charge in [-0.25, -0.2) is 0 Å². The van der Waals surface area contributed by atoms with Crippen LogP contribution in [-0.4, -0.2) is 37.2 Å². The molecule has 0 saturated heterocycles. The molecule has 0 heterocycles. The number of ether oxygens (including phenoxy) is 3. The van der Waals surface area contributed by atoms with Crippen LogP contribution < -0.4 is 0 Å². The molecule has 0 aliphatic heterocycles. The van der Waals surface area contributed by atoms with Crippen molar-refractivity contribution >= 4 is 17.9 Å². The Balaban J connectivity index is 4.49. The molecule has 6 heteroatoms. The van der Waals surface area contributed by atoms with Gasteiger partial charge >= 0.3 is 17.9 Å². The van der Waals surface area contributed by atoms with Crippen LogP contribution in [0.1, 0.15) is 252 Å². The second-order valence-corrected chi connectivity index (χ2v) is 18.1. The molecule has 0 aromatic rings. The smallest absolute Gasteiger partial charge is 0.306 e. The van der Waals surface area contributed by atoms with E-state index in [-0.39, 0.29) is 37.5 Å². The lowest BCUT2D eigenvalue weighted by molar-refractivity contribution is -0.166. The highest BCUT2D eigenvalue weighted by molar-refractivity contribution is 5.71. The van der Waals surface area contributed by atoms with E-state index in [1.165, 1.54) is 96.3 Å². The maximum absolute atomic E-state index is 12.8. The molecule has 0 amide bonds. The highest BCUT2D eigenvalue weighted by Gasteiger charge is 2.19. The molecule has 0 rings (SSSR count). The molecule has 382 valence electrons. The standard InChI is InChI=1S/C61H102O6/c1-4-7-10-13-16-19-22-25-27-29-30-32-33-36-39-42-45-48-51-54-60(63)66-57-58(56-65-59(62)53-50-47-44-41-38-35-24-21-18-15-12-9-6-3)67-61(64)55-52-49-46-43-40-37-34-31-28-26-23-20-17-14-11-8-5-2/h7,10,12,15-16,19,21,24-25,27,30,32,36,39,45,48,58H,4-6,8-9,11,13-14,17-18,20,22-23,26,28-29,31,33-35,37-38,40-44,46-47,49-57H2,1-3H3/b10-7-,15-12-,19-16-,24-21-,27-25-,32-30-,39-36-,48-45-. The maximum Gasteiger partial charge on any atom is 0.306 e. The minimum Gasteiger partial charge on any atom is -0.462 e. The van der Waals surface area contributed by atoms with E-state index in [1.807, 2.05) is 6.08 Å². The van der Waals surface area contributed by atoms with Gasteiger partial charge in [0.25, 0.3) is 0 Å². The summed E-state index contributed by atoms with van der Waals surface area (Å²) < 4.78 is 16.8. The van der Waals surface area contributed by atoms with E-state index >= 15 is 0 Å². The topological polar surface area (TPSA) is 78.9 Å². The molecule has 6 nitrogen and oxygen atoms in total. The largest absolute Gasteiger partial charge is 0.462 e. The summed E-state index contributed by atoms with van der Waals surface area (Å²) in [5.41, 5.74) is 0. The van der Waals surface area contributed by atoms with Crippen LogP contribution in [0.25, 0.3) is 0 Å². The van der Waals surface area contributed by atoms with Gasteiger partial charge in [-0.1, -0.05) is 246 Å². The second-order valence-electron chi connectivity index (χ2n) is 18.1. The van der Waals surface area contributed by atoms with E-state index in [2.05, 4.69) is 112 Å². The van der Waals surface area contributed by atoms with Gasteiger partial charge < -0.3 is 14.2 Å². The zero-order valence-corrected chi connectivity index (χ0v) is 43.6. The molecule has 0 saturated carbocycles. The molecule has 67 heavy (non-hydrogen) atoms. The molecule has 1 unspecified atom stereocenters. The van der Waals surface area contributed by atoms with E-state index in [1.54, 1.807) is 0 Å². The number of allylic oxidation sites excluding steroid dienone is 16. The van der Waals surface area contributed by atoms with Crippen molar-refractivity contribution in [2.75, 3.05) is 13.2 Å². The monoisotopic (exact) mass is 931 g/mol. The van der Waals surface area contributed by atoms with Crippen molar-refractivity contribution in [2.24, 2.45) is 0 Å². The van der Waals surface area contributed by atoms with Crippen molar-refractivity contribution in [1.82, 2.24) is 0 Å². The SMILES string of the molecule is CC/C=C\C/C=C\C/C=C\C/C=C\C/C=C\C/C=C\CCC(=O)OCC(COC(=O)CCCCCCC/C=C\C/C=C\CCC)OC(=O)CCCCCCCCCCCCCCCCCCC. The van der Waals surface area contributed by atoms with Crippen LogP contribution in [0.2, 0.25) is 0 Å². The van der Waals surface area contributed by atoms with Crippen molar-refractivity contribution in [3.8, 4) is 0 Å². The third-order valence-corrected chi connectivity index (χ3v) is 11.6. The first-order valence-corrected chi connectivity index (χ1v) is 27.7. The van der Waals surface area contributed by atoms with Crippen molar-refractivity contribution < 1.29 is 28.6 Å². The summed E-state index contributed by atoms with van der Waals surface area (Å²) in [6, 6.07) is 0. The van der Waals surface area contributed by atoms with Crippen LogP contribution in [0.15, 0.2) is 97.2 Å². The molecule has 1 atom stereocenters. The number of unbranched alkanes of at least 4 members (excludes halogenated alkanes) is 22. The number of hydrogen-bond acceptors (Lipinski definition) is 6. The fourth-order valence-corrected chi connectivity index (χ4v) is 7.45. The van der Waals surface area contributed by atoms with Crippen molar-refractivity contribution in [3.63, 3.8) is 0 Å². The van der Waals surface area contributed by atoms with Gasteiger partial charge in [-0.3, -0.25) is 14.4 Å². The molecule has 0 N–H and O–H groups in total. The molecule has 0 aliphatic carbocycles. The van der Waals surface area contributed by atoms with E-state index in [0.29, 0.717) is 19.3 Å². The Morgan fingerprint density at radius 3 is 1.06 bits per heavy atom. The molecule has 0 aliphatic rings. The molecular weight excluding hydrogens is 829 g/mol. The van der Waals surface area contributed by atoms with E-state index in [0.717, 1.165) is 109 Å². The fourth-order valence-electron chi connectivity index (χ4n) is 7.45. The first kappa shape index (κ1) is 63.3. The number of hydrogen-bond donors (Lipinski definition) is 0. The lowest BCUT2D eigenvalue weighted by Gasteiger charge is -2.18. The first-order chi connectivity index (χ1) is 33.0. The van der Waals surface area contributed by atoms with Gasteiger partial charge in [0.05, 0.1) is 0 Å². The van der Waals surface area contributed by atoms with Crippen LogP contribution in [0.5, 0.6) is 0 Å². The average Bonchev–Trinajstić information content (AvgIpc) is 3.33. The summed E-state index contributed by atoms with van der Waals surface area (Å²) in [4.78, 5) is 38.1. The van der Waals surface area contributed by atoms with E-state index < -0.39 is 6.10 Å². The average molecular weight is 931 g/mol. The lowest BCUT2D eigenvalue weighted by Crippen LogP contribution is -2.30. The fraction of sp³-hybridized carbons (Fsp3) is 0.689. The van der Waals surface area contributed by atoms with Crippen LogP contribution in [0.4, 0.5) is 0 Å². The molecule has 0 aromatic heterocycles. The van der Waals surface area contributed by atoms with Gasteiger partial charge in [0.2, 0.25) is 0 Å². The van der Waals surface area contributed by atoms with Crippen molar-refractivity contribution in [1.29, 1.82) is 0 Å². The highest BCUT2D eigenvalue weighted by Crippen LogP contribution is 2.15. The van der Waals surface area contributed by atoms with Crippen molar-refractivity contribution in [2.45, 2.75) is 258 Å². The Morgan fingerprint density at radius 1 is 0.313 bits per heavy atom. The molecule has 0 spiro atoms. The van der Waals surface area contributed by atoms with Crippen molar-refractivity contribution in [3.05, 3.63) is 97.2 Å². The summed E-state index contributed by atoms with van der Waals surface area (Å²) in [6.45, 7) is 6.39.